The molecule has 6 heteroatoms. The van der Waals surface area contributed by atoms with Gasteiger partial charge in [-0.3, -0.25) is 9.59 Å². The van der Waals surface area contributed by atoms with Crippen LogP contribution in [0.3, 0.4) is 0 Å². The van der Waals surface area contributed by atoms with E-state index in [1.165, 1.54) is 443 Å². The summed E-state index contributed by atoms with van der Waals surface area (Å²) in [6, 6.07) is -0.537. The number of aliphatic hydroxyl groups excluding tert-OH is 2. The molecule has 0 radical (unpaired) electrons. The lowest BCUT2D eigenvalue weighted by molar-refractivity contribution is -0.143. The van der Waals surface area contributed by atoms with Crippen LogP contribution in [0.5, 0.6) is 0 Å². The number of carbonyl (C=O) groups excluding carboxylic acids is 2. The molecule has 0 bridgehead atoms. The molecule has 94 heavy (non-hydrogen) atoms. The summed E-state index contributed by atoms with van der Waals surface area (Å²) >= 11 is 0. The van der Waals surface area contributed by atoms with E-state index in [1.807, 2.05) is 0 Å². The molecule has 1 amide bonds. The summed E-state index contributed by atoms with van der Waals surface area (Å²) in [7, 11) is 0. The SMILES string of the molecule is CCCCCCCC/C=C\CCCCCCCCCC(=O)OCCCCCCCCCCCCCCCCCCCCCCCCCCCCCCCCCCCCCCCCCC(=O)NC(CO)C(O)CCCCCCCCCCCCCCCCCCCCCCC. The second kappa shape index (κ2) is 84.0. The van der Waals surface area contributed by atoms with Gasteiger partial charge >= 0.3 is 5.97 Å². The Morgan fingerprint density at radius 2 is 0.500 bits per heavy atom. The van der Waals surface area contributed by atoms with Crippen molar-refractivity contribution in [1.29, 1.82) is 0 Å². The maximum atomic E-state index is 12.6. The number of unbranched alkanes of at least 4 members (excludes halogenated alkanes) is 71. The number of hydrogen-bond donors (Lipinski definition) is 3. The monoisotopic (exact) mass is 1320 g/mol. The molecular formula is C88H173NO5. The fourth-order valence-electron chi connectivity index (χ4n) is 14.4. The van der Waals surface area contributed by atoms with Gasteiger partial charge in [0, 0.05) is 12.8 Å². The zero-order valence-electron chi connectivity index (χ0n) is 64.5. The number of hydrogen-bond acceptors (Lipinski definition) is 5. The Hall–Kier alpha value is -1.40. The van der Waals surface area contributed by atoms with E-state index in [0.29, 0.717) is 25.9 Å². The molecule has 6 nitrogen and oxygen atoms in total. The van der Waals surface area contributed by atoms with Gasteiger partial charge in [0.15, 0.2) is 0 Å². The van der Waals surface area contributed by atoms with Gasteiger partial charge in [-0.05, 0) is 51.4 Å². The number of carbonyl (C=O) groups is 2. The third kappa shape index (κ3) is 79.6. The first-order valence-electron chi connectivity index (χ1n) is 43.9. The highest BCUT2D eigenvalue weighted by molar-refractivity contribution is 5.76. The Morgan fingerprint density at radius 1 is 0.287 bits per heavy atom. The third-order valence-corrected chi connectivity index (χ3v) is 21.1. The van der Waals surface area contributed by atoms with Crippen molar-refractivity contribution < 1.29 is 24.5 Å². The summed E-state index contributed by atoms with van der Waals surface area (Å²) in [5.74, 6) is -0.000521. The predicted molar refractivity (Wildman–Crippen MR) is 417 cm³/mol. The van der Waals surface area contributed by atoms with Crippen LogP contribution in [0, 0.1) is 0 Å². The fourth-order valence-corrected chi connectivity index (χ4v) is 14.4. The van der Waals surface area contributed by atoms with Gasteiger partial charge in [-0.1, -0.05) is 463 Å². The lowest BCUT2D eigenvalue weighted by atomic mass is 10.0. The lowest BCUT2D eigenvalue weighted by Crippen LogP contribution is -2.45. The van der Waals surface area contributed by atoms with E-state index in [9.17, 15) is 19.8 Å². The minimum Gasteiger partial charge on any atom is -0.466 e. The Labute approximate surface area is 590 Å². The van der Waals surface area contributed by atoms with E-state index in [0.717, 1.165) is 38.5 Å². The number of aliphatic hydroxyl groups is 2. The van der Waals surface area contributed by atoms with E-state index < -0.39 is 12.1 Å². The van der Waals surface area contributed by atoms with Gasteiger partial charge in [-0.15, -0.1) is 0 Å². The van der Waals surface area contributed by atoms with E-state index >= 15 is 0 Å². The minimum atomic E-state index is -0.660. The Kier molecular flexibility index (Phi) is 82.8. The van der Waals surface area contributed by atoms with Gasteiger partial charge in [0.05, 0.1) is 25.4 Å². The second-order valence-electron chi connectivity index (χ2n) is 30.6. The minimum absolute atomic E-state index is 0.0221. The maximum Gasteiger partial charge on any atom is 0.305 e. The first-order valence-corrected chi connectivity index (χ1v) is 43.9. The Bertz CT molecular complexity index is 1430. The topological polar surface area (TPSA) is 95.9 Å². The van der Waals surface area contributed by atoms with Crippen molar-refractivity contribution in [1.82, 2.24) is 5.32 Å². The fraction of sp³-hybridized carbons (Fsp3) is 0.955. The summed E-state index contributed by atoms with van der Waals surface area (Å²) in [6.45, 7) is 5.01. The van der Waals surface area contributed by atoms with E-state index in [4.69, 9.17) is 4.74 Å². The normalized spacial score (nSPS) is 12.4. The lowest BCUT2D eigenvalue weighted by Gasteiger charge is -2.22. The molecule has 0 aromatic rings. The summed E-state index contributed by atoms with van der Waals surface area (Å²) in [4.78, 5) is 24.7. The van der Waals surface area contributed by atoms with Crippen molar-refractivity contribution in [3.05, 3.63) is 12.2 Å². The van der Waals surface area contributed by atoms with Crippen LogP contribution in [-0.4, -0.2) is 47.4 Å². The molecule has 0 aromatic heterocycles. The molecule has 0 aromatic carbocycles. The second-order valence-corrected chi connectivity index (χ2v) is 30.6. The number of amides is 1. The van der Waals surface area contributed by atoms with Gasteiger partial charge in [0.25, 0.3) is 0 Å². The number of rotatable bonds is 84. The Balaban J connectivity index is 3.29. The average Bonchev–Trinajstić information content (AvgIpc) is 3.55. The molecule has 0 saturated heterocycles. The summed E-state index contributed by atoms with van der Waals surface area (Å²) < 4.78 is 5.52. The Morgan fingerprint density at radius 3 is 0.755 bits per heavy atom. The first kappa shape index (κ1) is 92.6. The quantitative estimate of drug-likeness (QED) is 0.0320. The standard InChI is InChI=1S/C88H173NO5/c1-3-5-7-9-11-13-15-17-19-21-22-42-45-49-52-56-60-64-68-72-76-80-86(91)85(84-90)89-87(92)81-77-73-69-65-61-57-53-50-46-43-40-38-36-34-32-30-28-26-24-23-25-27-29-31-33-35-37-39-41-44-47-51-55-59-63-67-71-75-79-83-94-88(93)82-78-74-70-66-62-58-54-48-20-18-16-14-12-10-8-6-4-2/h18,20,85-86,90-91H,3-17,19,21-84H2,1-2H3,(H,89,92)/b20-18-. The summed E-state index contributed by atoms with van der Waals surface area (Å²) in [6.07, 6.45) is 108. The van der Waals surface area contributed by atoms with Gasteiger partial charge in [-0.25, -0.2) is 0 Å². The molecule has 0 heterocycles. The highest BCUT2D eigenvalue weighted by Crippen LogP contribution is 2.21. The van der Waals surface area contributed by atoms with Crippen molar-refractivity contribution in [3.8, 4) is 0 Å². The molecular weight excluding hydrogens is 1150 g/mol. The zero-order chi connectivity index (χ0) is 67.7. The molecule has 0 fully saturated rings. The highest BCUT2D eigenvalue weighted by atomic mass is 16.5. The van der Waals surface area contributed by atoms with E-state index in [2.05, 4.69) is 31.3 Å². The molecule has 0 aliphatic rings. The van der Waals surface area contributed by atoms with Crippen LogP contribution < -0.4 is 5.32 Å². The van der Waals surface area contributed by atoms with Crippen LogP contribution in [0.2, 0.25) is 0 Å². The molecule has 0 aliphatic heterocycles. The molecule has 560 valence electrons. The molecule has 0 spiro atoms. The molecule has 0 rings (SSSR count). The maximum absolute atomic E-state index is 12.6. The van der Waals surface area contributed by atoms with E-state index in [-0.39, 0.29) is 18.5 Å². The average molecular weight is 1330 g/mol. The van der Waals surface area contributed by atoms with Gasteiger partial charge in [-0.2, -0.15) is 0 Å². The van der Waals surface area contributed by atoms with Crippen molar-refractivity contribution in [2.24, 2.45) is 0 Å². The van der Waals surface area contributed by atoms with Crippen LogP contribution >= 0.6 is 0 Å². The molecule has 3 N–H and O–H groups in total. The summed E-state index contributed by atoms with van der Waals surface area (Å²) in [5.41, 5.74) is 0. The predicted octanol–water partition coefficient (Wildman–Crippen LogP) is 29.4. The number of ether oxygens (including phenoxy) is 1. The van der Waals surface area contributed by atoms with Crippen LogP contribution in [-0.2, 0) is 14.3 Å². The largest absolute Gasteiger partial charge is 0.466 e. The zero-order valence-corrected chi connectivity index (χ0v) is 64.5. The van der Waals surface area contributed by atoms with Crippen LogP contribution in [0.1, 0.15) is 515 Å². The molecule has 2 unspecified atom stereocenters. The van der Waals surface area contributed by atoms with Crippen molar-refractivity contribution in [3.63, 3.8) is 0 Å². The molecule has 2 atom stereocenters. The van der Waals surface area contributed by atoms with Gasteiger partial charge in [0.1, 0.15) is 0 Å². The van der Waals surface area contributed by atoms with Crippen molar-refractivity contribution in [2.75, 3.05) is 13.2 Å². The van der Waals surface area contributed by atoms with Crippen LogP contribution in [0.25, 0.3) is 0 Å². The highest BCUT2D eigenvalue weighted by Gasteiger charge is 2.20. The van der Waals surface area contributed by atoms with Gasteiger partial charge in [0.2, 0.25) is 5.91 Å². The molecule has 0 aliphatic carbocycles. The summed E-state index contributed by atoms with van der Waals surface area (Å²) in [5, 5.41) is 23.5. The van der Waals surface area contributed by atoms with Crippen LogP contribution in [0.4, 0.5) is 0 Å². The van der Waals surface area contributed by atoms with Crippen molar-refractivity contribution in [2.45, 2.75) is 527 Å². The number of allylic oxidation sites excluding steroid dienone is 2. The molecule has 0 saturated carbocycles. The smallest absolute Gasteiger partial charge is 0.305 e. The number of esters is 1. The first-order chi connectivity index (χ1) is 46.5. The van der Waals surface area contributed by atoms with Crippen molar-refractivity contribution >= 4 is 11.9 Å². The number of nitrogens with one attached hydrogen (secondary N) is 1. The van der Waals surface area contributed by atoms with Gasteiger partial charge < -0.3 is 20.3 Å². The van der Waals surface area contributed by atoms with Crippen LogP contribution in [0.15, 0.2) is 12.2 Å². The third-order valence-electron chi connectivity index (χ3n) is 21.1. The van der Waals surface area contributed by atoms with E-state index in [1.54, 1.807) is 0 Å².